The number of hydrogen-bond acceptors (Lipinski definition) is 4. The van der Waals surface area contributed by atoms with Gasteiger partial charge in [0.05, 0.1) is 12.3 Å². The minimum atomic E-state index is -0.0307. The highest BCUT2D eigenvalue weighted by atomic mass is 16.5. The number of piperidine rings is 1. The molecule has 0 N–H and O–H groups in total. The SMILES string of the molecule is O=C(c1cnccn1)N1CC[C@H](OCC2CC2)[C@@H](Cc2ccccc2)C1. The van der Waals surface area contributed by atoms with Crippen LogP contribution in [0.4, 0.5) is 0 Å². The Hall–Kier alpha value is -2.27. The first-order valence-electron chi connectivity index (χ1n) is 9.50. The van der Waals surface area contributed by atoms with E-state index in [1.54, 1.807) is 18.6 Å². The molecule has 5 heteroatoms. The lowest BCUT2D eigenvalue weighted by Crippen LogP contribution is -2.48. The molecule has 1 aromatic heterocycles. The highest BCUT2D eigenvalue weighted by molar-refractivity contribution is 5.92. The van der Waals surface area contributed by atoms with Gasteiger partial charge in [-0.1, -0.05) is 30.3 Å². The van der Waals surface area contributed by atoms with Crippen LogP contribution >= 0.6 is 0 Å². The summed E-state index contributed by atoms with van der Waals surface area (Å²) in [6, 6.07) is 10.5. The highest BCUT2D eigenvalue weighted by Crippen LogP contribution is 2.32. The van der Waals surface area contributed by atoms with Crippen molar-refractivity contribution in [2.45, 2.75) is 31.8 Å². The normalized spacial score (nSPS) is 23.0. The lowest BCUT2D eigenvalue weighted by Gasteiger charge is -2.38. The summed E-state index contributed by atoms with van der Waals surface area (Å²) in [5.41, 5.74) is 1.72. The first-order chi connectivity index (χ1) is 12.8. The zero-order chi connectivity index (χ0) is 17.8. The van der Waals surface area contributed by atoms with E-state index in [4.69, 9.17) is 4.74 Å². The summed E-state index contributed by atoms with van der Waals surface area (Å²) in [6.07, 6.45) is 9.34. The Morgan fingerprint density at radius 1 is 1.15 bits per heavy atom. The van der Waals surface area contributed by atoms with Crippen molar-refractivity contribution in [3.05, 3.63) is 60.2 Å². The molecule has 2 heterocycles. The lowest BCUT2D eigenvalue weighted by molar-refractivity contribution is -0.0327. The number of nitrogens with zero attached hydrogens (tertiary/aromatic N) is 3. The first kappa shape index (κ1) is 17.2. The molecule has 0 radical (unpaired) electrons. The summed E-state index contributed by atoms with van der Waals surface area (Å²) in [5.74, 6) is 1.04. The average molecular weight is 351 g/mol. The standard InChI is InChI=1S/C21H25N3O2/c25-21(19-13-22-9-10-23-19)24-11-8-20(26-15-17-6-7-17)18(14-24)12-16-4-2-1-3-5-16/h1-5,9-10,13,17-18,20H,6-8,11-12,14-15H2/t18-,20-/m0/s1. The van der Waals surface area contributed by atoms with Gasteiger partial charge in [0.15, 0.2) is 0 Å². The molecule has 1 aliphatic heterocycles. The maximum absolute atomic E-state index is 12.8. The van der Waals surface area contributed by atoms with Crippen molar-refractivity contribution in [2.75, 3.05) is 19.7 Å². The van der Waals surface area contributed by atoms with Crippen molar-refractivity contribution in [1.82, 2.24) is 14.9 Å². The molecular formula is C21H25N3O2. The molecular weight excluding hydrogens is 326 g/mol. The predicted molar refractivity (Wildman–Crippen MR) is 98.7 cm³/mol. The molecule has 1 aromatic carbocycles. The van der Waals surface area contributed by atoms with Gasteiger partial charge in [-0.2, -0.15) is 0 Å². The lowest BCUT2D eigenvalue weighted by atomic mass is 9.88. The number of hydrogen-bond donors (Lipinski definition) is 0. The van der Waals surface area contributed by atoms with Crippen molar-refractivity contribution in [1.29, 1.82) is 0 Å². The molecule has 136 valence electrons. The Bertz CT molecular complexity index is 719. The van der Waals surface area contributed by atoms with Gasteiger partial charge in [0.1, 0.15) is 5.69 Å². The second-order valence-corrected chi connectivity index (χ2v) is 7.40. The molecule has 2 aromatic rings. The van der Waals surface area contributed by atoms with Crippen LogP contribution in [0.1, 0.15) is 35.3 Å². The second kappa shape index (κ2) is 7.96. The van der Waals surface area contributed by atoms with E-state index < -0.39 is 0 Å². The molecule has 2 atom stereocenters. The average Bonchev–Trinajstić information content (AvgIpc) is 3.52. The maximum Gasteiger partial charge on any atom is 0.274 e. The minimum Gasteiger partial charge on any atom is -0.377 e. The number of amides is 1. The summed E-state index contributed by atoms with van der Waals surface area (Å²) in [7, 11) is 0. The number of aromatic nitrogens is 2. The van der Waals surface area contributed by atoms with E-state index in [9.17, 15) is 4.79 Å². The molecule has 2 fully saturated rings. The molecule has 2 aliphatic rings. The van der Waals surface area contributed by atoms with Crippen molar-refractivity contribution in [3.63, 3.8) is 0 Å². The highest BCUT2D eigenvalue weighted by Gasteiger charge is 2.34. The number of carbonyl (C=O) groups is 1. The fourth-order valence-electron chi connectivity index (χ4n) is 3.64. The summed E-state index contributed by atoms with van der Waals surface area (Å²) < 4.78 is 6.26. The Morgan fingerprint density at radius 3 is 2.73 bits per heavy atom. The largest absolute Gasteiger partial charge is 0.377 e. The Kier molecular flexibility index (Phi) is 5.25. The van der Waals surface area contributed by atoms with Gasteiger partial charge in [0, 0.05) is 38.0 Å². The summed E-state index contributed by atoms with van der Waals surface area (Å²) in [4.78, 5) is 22.9. The Morgan fingerprint density at radius 2 is 2.00 bits per heavy atom. The molecule has 4 rings (SSSR count). The third-order valence-electron chi connectivity index (χ3n) is 5.32. The third kappa shape index (κ3) is 4.28. The fraction of sp³-hybridized carbons (Fsp3) is 0.476. The summed E-state index contributed by atoms with van der Waals surface area (Å²) >= 11 is 0. The predicted octanol–water partition coefficient (Wildman–Crippen LogP) is 2.98. The number of carbonyl (C=O) groups excluding carboxylic acids is 1. The second-order valence-electron chi connectivity index (χ2n) is 7.40. The van der Waals surface area contributed by atoms with E-state index >= 15 is 0 Å². The van der Waals surface area contributed by atoms with E-state index in [-0.39, 0.29) is 12.0 Å². The van der Waals surface area contributed by atoms with Gasteiger partial charge in [-0.3, -0.25) is 9.78 Å². The Labute approximate surface area is 154 Å². The molecule has 0 unspecified atom stereocenters. The third-order valence-corrected chi connectivity index (χ3v) is 5.32. The van der Waals surface area contributed by atoms with Crippen LogP contribution in [0.25, 0.3) is 0 Å². The van der Waals surface area contributed by atoms with Crippen LogP contribution in [0.5, 0.6) is 0 Å². The minimum absolute atomic E-state index is 0.0307. The zero-order valence-electron chi connectivity index (χ0n) is 15.0. The van der Waals surface area contributed by atoms with E-state index in [1.165, 1.54) is 18.4 Å². The van der Waals surface area contributed by atoms with Crippen molar-refractivity contribution in [3.8, 4) is 0 Å². The molecule has 1 aliphatic carbocycles. The van der Waals surface area contributed by atoms with Gasteiger partial charge in [0.25, 0.3) is 5.91 Å². The number of ether oxygens (including phenoxy) is 1. The molecule has 1 amide bonds. The maximum atomic E-state index is 12.8. The van der Waals surface area contributed by atoms with Gasteiger partial charge in [0.2, 0.25) is 0 Å². The first-order valence-corrected chi connectivity index (χ1v) is 9.50. The molecule has 0 bridgehead atoms. The van der Waals surface area contributed by atoms with Crippen molar-refractivity contribution in [2.24, 2.45) is 11.8 Å². The van der Waals surface area contributed by atoms with Crippen LogP contribution in [0, 0.1) is 11.8 Å². The van der Waals surface area contributed by atoms with Gasteiger partial charge >= 0.3 is 0 Å². The number of likely N-dealkylation sites (tertiary alicyclic amines) is 1. The van der Waals surface area contributed by atoms with Crippen LogP contribution in [-0.2, 0) is 11.2 Å². The smallest absolute Gasteiger partial charge is 0.274 e. The number of rotatable bonds is 6. The molecule has 26 heavy (non-hydrogen) atoms. The van der Waals surface area contributed by atoms with E-state index in [2.05, 4.69) is 34.2 Å². The van der Waals surface area contributed by atoms with Crippen LogP contribution in [-0.4, -0.2) is 46.6 Å². The van der Waals surface area contributed by atoms with Gasteiger partial charge in [-0.15, -0.1) is 0 Å². The van der Waals surface area contributed by atoms with Crippen LogP contribution in [0.15, 0.2) is 48.9 Å². The van der Waals surface area contributed by atoms with E-state index in [1.807, 2.05) is 11.0 Å². The summed E-state index contributed by atoms with van der Waals surface area (Å²) in [5, 5.41) is 0. The quantitative estimate of drug-likeness (QED) is 0.803. The topological polar surface area (TPSA) is 55.3 Å². The number of benzene rings is 1. The van der Waals surface area contributed by atoms with Crippen LogP contribution < -0.4 is 0 Å². The van der Waals surface area contributed by atoms with Crippen molar-refractivity contribution < 1.29 is 9.53 Å². The molecule has 1 saturated heterocycles. The van der Waals surface area contributed by atoms with Gasteiger partial charge < -0.3 is 9.64 Å². The zero-order valence-corrected chi connectivity index (χ0v) is 15.0. The monoisotopic (exact) mass is 351 g/mol. The molecule has 1 saturated carbocycles. The van der Waals surface area contributed by atoms with Gasteiger partial charge in [-0.25, -0.2) is 4.98 Å². The molecule has 0 spiro atoms. The molecule has 5 nitrogen and oxygen atoms in total. The van der Waals surface area contributed by atoms with E-state index in [0.717, 1.165) is 31.9 Å². The Balaban J connectivity index is 1.45. The van der Waals surface area contributed by atoms with Crippen molar-refractivity contribution >= 4 is 5.91 Å². The fourth-order valence-corrected chi connectivity index (χ4v) is 3.64. The van der Waals surface area contributed by atoms with Crippen LogP contribution in [0.3, 0.4) is 0 Å². The van der Waals surface area contributed by atoms with Crippen LogP contribution in [0.2, 0.25) is 0 Å². The summed E-state index contributed by atoms with van der Waals surface area (Å²) in [6.45, 7) is 2.30. The van der Waals surface area contributed by atoms with Gasteiger partial charge in [-0.05, 0) is 37.2 Å². The van der Waals surface area contributed by atoms with E-state index in [0.29, 0.717) is 18.2 Å².